The van der Waals surface area contributed by atoms with Gasteiger partial charge in [0.15, 0.2) is 0 Å². The van der Waals surface area contributed by atoms with Crippen molar-refractivity contribution in [3.05, 3.63) is 0 Å². The number of rotatable bonds is 4. The summed E-state index contributed by atoms with van der Waals surface area (Å²) in [6.45, 7) is 4.28. The van der Waals surface area contributed by atoms with Gasteiger partial charge in [0, 0.05) is 6.54 Å². The molecule has 12 heavy (non-hydrogen) atoms. The molecule has 0 atom stereocenters. The molecule has 0 aliphatic rings. The van der Waals surface area contributed by atoms with Crippen LogP contribution in [0.4, 0.5) is 4.11 Å². The highest BCUT2D eigenvalue weighted by Crippen LogP contribution is 2.12. The first-order valence-corrected chi connectivity index (χ1v) is 8.68. The van der Waals surface area contributed by atoms with Gasteiger partial charge in [0.1, 0.15) is 4.32 Å². The minimum atomic E-state index is -2.33. The molecular weight excluding hydrogens is 209 g/mol. The van der Waals surface area contributed by atoms with Gasteiger partial charge in [-0.3, -0.25) is 0 Å². The normalized spacial score (nSPS) is 11.3. The summed E-state index contributed by atoms with van der Waals surface area (Å²) in [5, 5.41) is 3.05. The second-order valence-electron chi connectivity index (χ2n) is 3.24. The van der Waals surface area contributed by atoms with Gasteiger partial charge in [0.2, 0.25) is 8.41 Å². The molecule has 0 bridgehead atoms. The zero-order chi connectivity index (χ0) is 9.61. The van der Waals surface area contributed by atoms with Crippen LogP contribution in [-0.2, 0) is 0 Å². The van der Waals surface area contributed by atoms with E-state index in [2.05, 4.69) is 5.32 Å². The lowest BCUT2D eigenvalue weighted by atomic mass is 10.5. The van der Waals surface area contributed by atoms with Gasteiger partial charge in [-0.15, -0.1) is 11.8 Å². The highest BCUT2D eigenvalue weighted by atomic mass is 32.2. The lowest BCUT2D eigenvalue weighted by Crippen LogP contribution is -2.23. The SMILES string of the molecule is CSC(=S)NCCC[Si](C)(C)F. The molecule has 1 nitrogen and oxygen atoms in total. The second kappa shape index (κ2) is 5.94. The van der Waals surface area contributed by atoms with Crippen LogP contribution in [0.1, 0.15) is 6.42 Å². The zero-order valence-corrected chi connectivity index (χ0v) is 10.4. The fourth-order valence-corrected chi connectivity index (χ4v) is 2.14. The van der Waals surface area contributed by atoms with Gasteiger partial charge < -0.3 is 9.42 Å². The van der Waals surface area contributed by atoms with Gasteiger partial charge in [0.25, 0.3) is 0 Å². The zero-order valence-electron chi connectivity index (χ0n) is 7.82. The molecule has 0 radical (unpaired) electrons. The quantitative estimate of drug-likeness (QED) is 0.342. The van der Waals surface area contributed by atoms with Crippen molar-refractivity contribution in [2.75, 3.05) is 12.8 Å². The molecule has 0 aliphatic carbocycles. The van der Waals surface area contributed by atoms with Gasteiger partial charge >= 0.3 is 0 Å². The van der Waals surface area contributed by atoms with Crippen LogP contribution in [0.25, 0.3) is 0 Å². The molecule has 5 heteroatoms. The Kier molecular flexibility index (Phi) is 6.13. The van der Waals surface area contributed by atoms with E-state index in [9.17, 15) is 4.11 Å². The van der Waals surface area contributed by atoms with Gasteiger partial charge in [-0.1, -0.05) is 12.2 Å². The van der Waals surface area contributed by atoms with E-state index in [1.54, 1.807) is 13.1 Å². The van der Waals surface area contributed by atoms with E-state index in [1.165, 1.54) is 11.8 Å². The molecule has 0 fully saturated rings. The fourth-order valence-electron chi connectivity index (χ4n) is 0.771. The molecule has 0 saturated carbocycles. The smallest absolute Gasteiger partial charge is 0.241 e. The summed E-state index contributed by atoms with van der Waals surface area (Å²) in [4.78, 5) is 0. The molecule has 72 valence electrons. The van der Waals surface area contributed by atoms with Crippen LogP contribution in [-0.4, -0.2) is 25.5 Å². The number of hydrogen-bond donors (Lipinski definition) is 1. The molecule has 0 aromatic rings. The highest BCUT2D eigenvalue weighted by Gasteiger charge is 2.18. The van der Waals surface area contributed by atoms with Crippen LogP contribution in [0, 0.1) is 0 Å². The fraction of sp³-hybridized carbons (Fsp3) is 0.857. The first kappa shape index (κ1) is 12.4. The van der Waals surface area contributed by atoms with Crippen LogP contribution >= 0.6 is 24.0 Å². The third-order valence-corrected chi connectivity index (χ3v) is 4.10. The summed E-state index contributed by atoms with van der Waals surface area (Å²) < 4.78 is 13.9. The minimum absolute atomic E-state index is 0.719. The molecule has 0 aromatic heterocycles. The Hall–Kier alpha value is 0.387. The Morgan fingerprint density at radius 3 is 2.58 bits per heavy atom. The number of hydrogen-bond acceptors (Lipinski definition) is 2. The monoisotopic (exact) mass is 225 g/mol. The molecular formula is C7H16FNS2Si. The number of thioether (sulfide) groups is 1. The largest absolute Gasteiger partial charge is 0.371 e. The van der Waals surface area contributed by atoms with Crippen LogP contribution in [0.15, 0.2) is 0 Å². The maximum Gasteiger partial charge on any atom is 0.241 e. The molecule has 0 saturated heterocycles. The maximum absolute atomic E-state index is 13.1. The Morgan fingerprint density at radius 1 is 1.58 bits per heavy atom. The first-order valence-electron chi connectivity index (χ1n) is 3.96. The molecule has 0 aliphatic heterocycles. The summed E-state index contributed by atoms with van der Waals surface area (Å²) >= 11 is 6.45. The number of halogens is 1. The molecule has 0 heterocycles. The van der Waals surface area contributed by atoms with Crippen molar-refractivity contribution < 1.29 is 4.11 Å². The van der Waals surface area contributed by atoms with Crippen molar-refractivity contribution >= 4 is 36.7 Å². The topological polar surface area (TPSA) is 12.0 Å². The van der Waals surface area contributed by atoms with E-state index in [1.807, 2.05) is 6.26 Å². The summed E-state index contributed by atoms with van der Waals surface area (Å²) in [5.74, 6) is 0. The predicted molar refractivity (Wildman–Crippen MR) is 62.1 cm³/mol. The van der Waals surface area contributed by atoms with Crippen molar-refractivity contribution in [2.45, 2.75) is 25.6 Å². The third-order valence-electron chi connectivity index (χ3n) is 1.40. The molecule has 1 N–H and O–H groups in total. The Morgan fingerprint density at radius 2 is 2.17 bits per heavy atom. The van der Waals surface area contributed by atoms with E-state index >= 15 is 0 Å². The average molecular weight is 225 g/mol. The molecule has 0 spiro atoms. The van der Waals surface area contributed by atoms with Gasteiger partial charge in [0.05, 0.1) is 0 Å². The van der Waals surface area contributed by atoms with E-state index in [0.717, 1.165) is 23.3 Å². The van der Waals surface area contributed by atoms with Crippen molar-refractivity contribution in [2.24, 2.45) is 0 Å². The second-order valence-corrected chi connectivity index (χ2v) is 8.66. The Labute approximate surface area is 84.7 Å². The van der Waals surface area contributed by atoms with Crippen LogP contribution in [0.3, 0.4) is 0 Å². The van der Waals surface area contributed by atoms with E-state index in [0.29, 0.717) is 0 Å². The minimum Gasteiger partial charge on any atom is -0.371 e. The average Bonchev–Trinajstić information content (AvgIpc) is 1.96. The lowest BCUT2D eigenvalue weighted by Gasteiger charge is -2.10. The van der Waals surface area contributed by atoms with Gasteiger partial charge in [-0.25, -0.2) is 0 Å². The molecule has 0 amide bonds. The van der Waals surface area contributed by atoms with Crippen molar-refractivity contribution in [1.82, 2.24) is 5.32 Å². The summed E-state index contributed by atoms with van der Waals surface area (Å²) in [7, 11) is -2.33. The van der Waals surface area contributed by atoms with Crippen molar-refractivity contribution in [1.29, 1.82) is 0 Å². The lowest BCUT2D eigenvalue weighted by molar-refractivity contribution is 0.748. The standard InChI is InChI=1S/C7H16FNS2Si/c1-11-7(10)9-5-4-6-12(2,3)8/h4-6H2,1-3H3,(H,9,10). The molecule has 0 rings (SSSR count). The van der Waals surface area contributed by atoms with Gasteiger partial charge in [-0.2, -0.15) is 0 Å². The predicted octanol–water partition coefficient (Wildman–Crippen LogP) is 2.79. The third kappa shape index (κ3) is 8.48. The summed E-state index contributed by atoms with van der Waals surface area (Å²) in [5.41, 5.74) is 0. The summed E-state index contributed by atoms with van der Waals surface area (Å²) in [6.07, 6.45) is 2.82. The van der Waals surface area contributed by atoms with Crippen LogP contribution < -0.4 is 5.32 Å². The van der Waals surface area contributed by atoms with E-state index in [-0.39, 0.29) is 0 Å². The first-order chi connectivity index (χ1) is 5.45. The molecule has 0 unspecified atom stereocenters. The van der Waals surface area contributed by atoms with Gasteiger partial charge in [-0.05, 0) is 31.8 Å². The van der Waals surface area contributed by atoms with Crippen LogP contribution in [0.5, 0.6) is 0 Å². The van der Waals surface area contributed by atoms with E-state index < -0.39 is 8.41 Å². The highest BCUT2D eigenvalue weighted by molar-refractivity contribution is 8.22. The van der Waals surface area contributed by atoms with Crippen molar-refractivity contribution in [3.8, 4) is 0 Å². The number of nitrogens with one attached hydrogen (secondary N) is 1. The Bertz CT molecular complexity index is 147. The van der Waals surface area contributed by atoms with Crippen LogP contribution in [0.2, 0.25) is 19.1 Å². The number of thiocarbonyl (C=S) groups is 1. The summed E-state index contributed by atoms with van der Waals surface area (Å²) in [6, 6.07) is 0.719. The molecule has 0 aromatic carbocycles. The maximum atomic E-state index is 13.1. The van der Waals surface area contributed by atoms with E-state index in [4.69, 9.17) is 12.2 Å². The Balaban J connectivity index is 3.28. The van der Waals surface area contributed by atoms with Crippen molar-refractivity contribution in [3.63, 3.8) is 0 Å².